The van der Waals surface area contributed by atoms with E-state index in [0.29, 0.717) is 46.9 Å². The summed E-state index contributed by atoms with van der Waals surface area (Å²) in [4.78, 5) is 7.84. The van der Waals surface area contributed by atoms with Crippen molar-refractivity contribution in [3.63, 3.8) is 0 Å². The number of nitrogens with zero attached hydrogens (tertiary/aromatic N) is 2. The summed E-state index contributed by atoms with van der Waals surface area (Å²) in [6, 6.07) is 10.2. The van der Waals surface area contributed by atoms with Crippen molar-refractivity contribution in [2.45, 2.75) is 12.3 Å². The maximum atomic E-state index is 15.1. The Hall–Kier alpha value is -3.69. The third-order valence-electron chi connectivity index (χ3n) is 5.78. The highest BCUT2D eigenvalue weighted by molar-refractivity contribution is 5.78. The SMILES string of the molecule is N=C(N)COCC1c2cc(-c3cccnc3F)ccc2Oc2c1cc(C1=CCCOC1)nc2F. The van der Waals surface area contributed by atoms with Gasteiger partial charge in [-0.15, -0.1) is 0 Å². The van der Waals surface area contributed by atoms with Gasteiger partial charge < -0.3 is 19.9 Å². The predicted octanol–water partition coefficient (Wildman–Crippen LogP) is 4.42. The number of hydrogen-bond acceptors (Lipinski definition) is 6. The first-order valence-electron chi connectivity index (χ1n) is 10.8. The zero-order chi connectivity index (χ0) is 23.7. The van der Waals surface area contributed by atoms with Gasteiger partial charge in [-0.1, -0.05) is 12.1 Å². The van der Waals surface area contributed by atoms with Crippen LogP contribution in [0.25, 0.3) is 16.7 Å². The van der Waals surface area contributed by atoms with E-state index in [1.807, 2.05) is 6.08 Å². The highest BCUT2D eigenvalue weighted by Crippen LogP contribution is 2.47. The van der Waals surface area contributed by atoms with E-state index in [2.05, 4.69) is 9.97 Å². The fourth-order valence-electron chi connectivity index (χ4n) is 4.21. The van der Waals surface area contributed by atoms with Crippen molar-refractivity contribution in [2.24, 2.45) is 5.73 Å². The Morgan fingerprint density at radius 2 is 2.06 bits per heavy atom. The number of benzene rings is 1. The van der Waals surface area contributed by atoms with Crippen molar-refractivity contribution in [1.82, 2.24) is 9.97 Å². The van der Waals surface area contributed by atoms with E-state index in [1.165, 1.54) is 6.20 Å². The van der Waals surface area contributed by atoms with Crippen molar-refractivity contribution < 1.29 is 23.0 Å². The van der Waals surface area contributed by atoms with Gasteiger partial charge in [0.25, 0.3) is 5.95 Å². The molecule has 9 heteroatoms. The number of halogens is 2. The maximum Gasteiger partial charge on any atom is 0.256 e. The summed E-state index contributed by atoms with van der Waals surface area (Å²) >= 11 is 0. The van der Waals surface area contributed by atoms with Gasteiger partial charge in [-0.2, -0.15) is 8.78 Å². The van der Waals surface area contributed by atoms with E-state index in [9.17, 15) is 4.39 Å². The first kappa shape index (κ1) is 22.1. The van der Waals surface area contributed by atoms with Gasteiger partial charge >= 0.3 is 0 Å². The number of hydrogen-bond donors (Lipinski definition) is 2. The van der Waals surface area contributed by atoms with Crippen molar-refractivity contribution in [3.05, 3.63) is 77.4 Å². The number of amidine groups is 1. The minimum atomic E-state index is -0.733. The molecule has 0 amide bonds. The Morgan fingerprint density at radius 1 is 1.18 bits per heavy atom. The van der Waals surface area contributed by atoms with Gasteiger partial charge in [-0.3, -0.25) is 5.41 Å². The predicted molar refractivity (Wildman–Crippen MR) is 122 cm³/mol. The fraction of sp³-hybridized carbons (Fsp3) is 0.240. The molecule has 0 bridgehead atoms. The van der Waals surface area contributed by atoms with Crippen LogP contribution in [0.4, 0.5) is 8.78 Å². The standard InChI is InChI=1S/C25H22F2N4O3/c26-24-16(4-1-7-30-24)14-5-6-21-17(9-14)19(12-33-13-22(28)29)18-10-20(15-3-2-8-32-11-15)31-25(27)23(18)34-21/h1,3-7,9-10,19H,2,8,11-13H2,(H3,28,29). The van der Waals surface area contributed by atoms with Gasteiger partial charge in [0.05, 0.1) is 25.5 Å². The first-order valence-corrected chi connectivity index (χ1v) is 10.8. The Balaban J connectivity index is 1.61. The molecule has 3 aromatic rings. The number of nitrogens with two attached hydrogens (primary N) is 1. The molecular formula is C25H22F2N4O3. The molecule has 2 aliphatic rings. The first-order chi connectivity index (χ1) is 16.5. The van der Waals surface area contributed by atoms with E-state index in [-0.39, 0.29) is 24.8 Å². The summed E-state index contributed by atoms with van der Waals surface area (Å²) in [7, 11) is 0. The van der Waals surface area contributed by atoms with E-state index < -0.39 is 17.8 Å². The van der Waals surface area contributed by atoms with Crippen LogP contribution in [-0.4, -0.2) is 42.2 Å². The van der Waals surface area contributed by atoms with Crippen LogP contribution < -0.4 is 10.5 Å². The molecule has 0 saturated heterocycles. The topological polar surface area (TPSA) is 103 Å². The van der Waals surface area contributed by atoms with Gasteiger partial charge in [0.2, 0.25) is 5.95 Å². The summed E-state index contributed by atoms with van der Waals surface area (Å²) in [6.07, 6.45) is 4.09. The second-order valence-corrected chi connectivity index (χ2v) is 8.08. The van der Waals surface area contributed by atoms with Gasteiger partial charge in [-0.05, 0) is 47.9 Å². The van der Waals surface area contributed by atoms with E-state index in [4.69, 9.17) is 25.4 Å². The van der Waals surface area contributed by atoms with Gasteiger partial charge in [-0.25, -0.2) is 9.97 Å². The van der Waals surface area contributed by atoms with Crippen molar-refractivity contribution in [1.29, 1.82) is 5.41 Å². The van der Waals surface area contributed by atoms with Gasteiger partial charge in [0.1, 0.15) is 18.2 Å². The minimum absolute atomic E-state index is 0.0188. The molecule has 0 spiro atoms. The van der Waals surface area contributed by atoms with Crippen molar-refractivity contribution in [3.8, 4) is 22.6 Å². The van der Waals surface area contributed by atoms with Crippen LogP contribution in [0, 0.1) is 17.3 Å². The third-order valence-corrected chi connectivity index (χ3v) is 5.78. The Morgan fingerprint density at radius 3 is 2.82 bits per heavy atom. The van der Waals surface area contributed by atoms with Crippen molar-refractivity contribution >= 4 is 11.4 Å². The van der Waals surface area contributed by atoms with E-state index >= 15 is 4.39 Å². The molecule has 174 valence electrons. The number of fused-ring (bicyclic) bond motifs is 2. The average molecular weight is 464 g/mol. The smallest absolute Gasteiger partial charge is 0.256 e. The molecule has 34 heavy (non-hydrogen) atoms. The van der Waals surface area contributed by atoms with Crippen LogP contribution in [-0.2, 0) is 9.47 Å². The van der Waals surface area contributed by atoms with Crippen LogP contribution in [0.5, 0.6) is 11.5 Å². The van der Waals surface area contributed by atoms with Crippen LogP contribution in [0.2, 0.25) is 0 Å². The second-order valence-electron chi connectivity index (χ2n) is 8.08. The quantitative estimate of drug-likeness (QED) is 0.318. The second kappa shape index (κ2) is 9.28. The zero-order valence-corrected chi connectivity index (χ0v) is 18.2. The van der Waals surface area contributed by atoms with Crippen LogP contribution >= 0.6 is 0 Å². The summed E-state index contributed by atoms with van der Waals surface area (Å²) < 4.78 is 46.6. The molecule has 5 rings (SSSR count). The lowest BCUT2D eigenvalue weighted by atomic mass is 9.86. The van der Waals surface area contributed by atoms with Gasteiger partial charge in [0.15, 0.2) is 5.75 Å². The van der Waals surface area contributed by atoms with Crippen LogP contribution in [0.3, 0.4) is 0 Å². The molecule has 1 aromatic carbocycles. The Kier molecular flexibility index (Phi) is 6.04. The number of ether oxygens (including phenoxy) is 3. The highest BCUT2D eigenvalue weighted by Gasteiger charge is 2.32. The fourth-order valence-corrected chi connectivity index (χ4v) is 4.21. The monoisotopic (exact) mass is 464 g/mol. The van der Waals surface area contributed by atoms with Crippen LogP contribution in [0.1, 0.15) is 29.2 Å². The summed E-state index contributed by atoms with van der Waals surface area (Å²) in [5.74, 6) is -1.46. The molecule has 2 aliphatic heterocycles. The molecule has 1 atom stereocenters. The molecule has 0 radical (unpaired) electrons. The molecule has 7 nitrogen and oxygen atoms in total. The largest absolute Gasteiger partial charge is 0.452 e. The summed E-state index contributed by atoms with van der Waals surface area (Å²) in [5, 5.41) is 7.46. The van der Waals surface area contributed by atoms with Crippen LogP contribution in [0.15, 0.2) is 48.7 Å². The zero-order valence-electron chi connectivity index (χ0n) is 18.2. The third kappa shape index (κ3) is 4.27. The molecule has 4 heterocycles. The van der Waals surface area contributed by atoms with Gasteiger partial charge in [0, 0.05) is 28.8 Å². The molecule has 0 saturated carbocycles. The minimum Gasteiger partial charge on any atom is -0.452 e. The van der Waals surface area contributed by atoms with Crippen molar-refractivity contribution in [2.75, 3.05) is 26.4 Å². The maximum absolute atomic E-state index is 15.1. The molecule has 0 fully saturated rings. The summed E-state index contributed by atoms with van der Waals surface area (Å²) in [5.41, 5.74) is 8.91. The van der Waals surface area contributed by atoms with E-state index in [0.717, 1.165) is 12.0 Å². The number of nitrogens with one attached hydrogen (secondary N) is 1. The molecular weight excluding hydrogens is 442 g/mol. The number of pyridine rings is 2. The molecule has 0 aliphatic carbocycles. The normalized spacial score (nSPS) is 16.8. The van der Waals surface area contributed by atoms with E-state index in [1.54, 1.807) is 36.4 Å². The summed E-state index contributed by atoms with van der Waals surface area (Å²) in [6.45, 7) is 1.000. The lowest BCUT2D eigenvalue weighted by Crippen LogP contribution is -2.22. The molecule has 1 unspecified atom stereocenters. The number of aromatic nitrogens is 2. The molecule has 2 aromatic heterocycles. The lowest BCUT2D eigenvalue weighted by Gasteiger charge is -2.29. The number of rotatable bonds is 6. The Bertz CT molecular complexity index is 1300. The Labute approximate surface area is 194 Å². The average Bonchev–Trinajstić information content (AvgIpc) is 2.84. The highest BCUT2D eigenvalue weighted by atomic mass is 19.1. The lowest BCUT2D eigenvalue weighted by molar-refractivity contribution is 0.159. The molecule has 3 N–H and O–H groups in total.